The van der Waals surface area contributed by atoms with Gasteiger partial charge in [-0.05, 0) is 83.7 Å². The standard InChI is InChI=1S/C31H30ClN3O3/c1-2-29(36)33-24-11-14-26-22(19-24)7-8-23(30(26)27-5-3-4-6-28(27)32)20-34-15-17-35(18-16-34)25-12-9-21(10-13-25)31(37)38/h2-6,9-14,19H,1,7-8,15-18,20H2,(H,33,36)(H,37,38). The molecule has 0 atom stereocenters. The van der Waals surface area contributed by atoms with Crippen molar-refractivity contribution >= 4 is 40.4 Å². The number of carbonyl (C=O) groups is 2. The highest BCUT2D eigenvalue weighted by Gasteiger charge is 2.25. The Hall–Kier alpha value is -3.87. The van der Waals surface area contributed by atoms with Crippen molar-refractivity contribution in [1.82, 2.24) is 4.90 Å². The molecule has 1 heterocycles. The highest BCUT2D eigenvalue weighted by Crippen LogP contribution is 2.40. The van der Waals surface area contributed by atoms with Gasteiger partial charge in [0.25, 0.3) is 0 Å². The Morgan fingerprint density at radius 1 is 0.947 bits per heavy atom. The first-order valence-corrected chi connectivity index (χ1v) is 13.1. The van der Waals surface area contributed by atoms with Crippen LogP contribution in [0.5, 0.6) is 0 Å². The Morgan fingerprint density at radius 2 is 1.68 bits per heavy atom. The van der Waals surface area contributed by atoms with E-state index in [4.69, 9.17) is 16.7 Å². The number of amides is 1. The minimum absolute atomic E-state index is 0.222. The summed E-state index contributed by atoms with van der Waals surface area (Å²) in [5.74, 6) is -1.13. The first-order valence-electron chi connectivity index (χ1n) is 12.8. The summed E-state index contributed by atoms with van der Waals surface area (Å²) in [6.07, 6.45) is 3.09. The number of nitrogens with one attached hydrogen (secondary N) is 1. The third-order valence-electron chi connectivity index (χ3n) is 7.29. The quantitative estimate of drug-likeness (QED) is 0.384. The molecule has 1 aliphatic carbocycles. The Kier molecular flexibility index (Phi) is 7.63. The number of fused-ring (bicyclic) bond motifs is 1. The van der Waals surface area contributed by atoms with Crippen LogP contribution in [-0.4, -0.2) is 54.6 Å². The molecule has 3 aromatic rings. The number of aryl methyl sites for hydroxylation is 1. The number of piperazine rings is 1. The van der Waals surface area contributed by atoms with E-state index in [1.165, 1.54) is 22.8 Å². The molecule has 7 heteroatoms. The topological polar surface area (TPSA) is 72.9 Å². The molecule has 1 fully saturated rings. The lowest BCUT2D eigenvalue weighted by atomic mass is 9.81. The van der Waals surface area contributed by atoms with E-state index in [0.717, 1.165) is 73.1 Å². The third kappa shape index (κ3) is 5.52. The van der Waals surface area contributed by atoms with E-state index in [9.17, 15) is 9.59 Å². The van der Waals surface area contributed by atoms with E-state index in [0.29, 0.717) is 5.56 Å². The van der Waals surface area contributed by atoms with Crippen LogP contribution in [0.25, 0.3) is 5.57 Å². The monoisotopic (exact) mass is 527 g/mol. The molecule has 0 aromatic heterocycles. The van der Waals surface area contributed by atoms with Crippen molar-refractivity contribution in [3.63, 3.8) is 0 Å². The zero-order chi connectivity index (χ0) is 26.6. The van der Waals surface area contributed by atoms with Crippen LogP contribution in [0.4, 0.5) is 11.4 Å². The summed E-state index contributed by atoms with van der Waals surface area (Å²) >= 11 is 6.71. The highest BCUT2D eigenvalue weighted by molar-refractivity contribution is 6.32. The average Bonchev–Trinajstić information content (AvgIpc) is 2.94. The molecule has 0 radical (unpaired) electrons. The fraction of sp³-hybridized carbons (Fsp3) is 0.226. The van der Waals surface area contributed by atoms with E-state index in [2.05, 4.69) is 39.9 Å². The smallest absolute Gasteiger partial charge is 0.335 e. The van der Waals surface area contributed by atoms with Crippen molar-refractivity contribution < 1.29 is 14.7 Å². The predicted molar refractivity (Wildman–Crippen MR) is 153 cm³/mol. The van der Waals surface area contributed by atoms with Crippen LogP contribution in [0.3, 0.4) is 0 Å². The fourth-order valence-corrected chi connectivity index (χ4v) is 5.55. The Bertz CT molecular complexity index is 1410. The zero-order valence-electron chi connectivity index (χ0n) is 21.1. The SMILES string of the molecule is C=CC(=O)Nc1ccc2c(c1)CCC(CN1CCN(c3ccc(C(=O)O)cc3)CC1)=C2c1ccccc1Cl. The zero-order valence-corrected chi connectivity index (χ0v) is 21.9. The number of aromatic carboxylic acids is 1. The summed E-state index contributed by atoms with van der Waals surface area (Å²) in [6, 6.07) is 21.2. The number of halogens is 1. The van der Waals surface area contributed by atoms with Gasteiger partial charge in [0.1, 0.15) is 0 Å². The van der Waals surface area contributed by atoms with Gasteiger partial charge in [-0.1, -0.05) is 42.4 Å². The number of hydrogen-bond acceptors (Lipinski definition) is 4. The molecule has 0 bridgehead atoms. The van der Waals surface area contributed by atoms with Crippen molar-refractivity contribution in [3.8, 4) is 0 Å². The fourth-order valence-electron chi connectivity index (χ4n) is 5.32. The Balaban J connectivity index is 1.38. The maximum atomic E-state index is 11.8. The van der Waals surface area contributed by atoms with Gasteiger partial charge in [0.15, 0.2) is 0 Å². The van der Waals surface area contributed by atoms with Crippen LogP contribution in [0.1, 0.15) is 33.5 Å². The normalized spacial score (nSPS) is 15.7. The molecule has 1 amide bonds. The molecule has 0 spiro atoms. The van der Waals surface area contributed by atoms with Crippen molar-refractivity contribution in [1.29, 1.82) is 0 Å². The number of nitrogens with zero attached hydrogens (tertiary/aromatic N) is 2. The van der Waals surface area contributed by atoms with Gasteiger partial charge in [0.05, 0.1) is 5.56 Å². The van der Waals surface area contributed by atoms with Gasteiger partial charge in [-0.15, -0.1) is 0 Å². The van der Waals surface area contributed by atoms with Crippen LogP contribution in [0.15, 0.2) is 85.0 Å². The molecular formula is C31H30ClN3O3. The van der Waals surface area contributed by atoms with Gasteiger partial charge in [0.2, 0.25) is 5.91 Å². The van der Waals surface area contributed by atoms with E-state index >= 15 is 0 Å². The largest absolute Gasteiger partial charge is 0.478 e. The molecule has 2 N–H and O–H groups in total. The number of carbonyl (C=O) groups excluding carboxylic acids is 1. The summed E-state index contributed by atoms with van der Waals surface area (Å²) < 4.78 is 0. The van der Waals surface area contributed by atoms with Gasteiger partial charge >= 0.3 is 5.97 Å². The van der Waals surface area contributed by atoms with Crippen molar-refractivity contribution in [2.24, 2.45) is 0 Å². The molecule has 5 rings (SSSR count). The van der Waals surface area contributed by atoms with Crippen molar-refractivity contribution in [2.75, 3.05) is 42.9 Å². The van der Waals surface area contributed by atoms with Crippen LogP contribution in [0.2, 0.25) is 5.02 Å². The van der Waals surface area contributed by atoms with E-state index in [-0.39, 0.29) is 5.91 Å². The van der Waals surface area contributed by atoms with E-state index in [1.54, 1.807) is 12.1 Å². The van der Waals surface area contributed by atoms with Gasteiger partial charge in [0, 0.05) is 54.7 Å². The number of carboxylic acid groups (broad SMARTS) is 1. The molecular weight excluding hydrogens is 498 g/mol. The average molecular weight is 528 g/mol. The molecule has 6 nitrogen and oxygen atoms in total. The molecule has 0 saturated carbocycles. The number of carboxylic acids is 1. The van der Waals surface area contributed by atoms with E-state index < -0.39 is 5.97 Å². The van der Waals surface area contributed by atoms with Crippen LogP contribution in [0, 0.1) is 0 Å². The second-order valence-electron chi connectivity index (χ2n) is 9.64. The maximum absolute atomic E-state index is 11.8. The number of rotatable bonds is 7. The number of anilines is 2. The summed E-state index contributed by atoms with van der Waals surface area (Å²) in [4.78, 5) is 27.8. The Morgan fingerprint density at radius 3 is 2.37 bits per heavy atom. The van der Waals surface area contributed by atoms with Gasteiger partial charge < -0.3 is 15.3 Å². The van der Waals surface area contributed by atoms with Crippen LogP contribution in [-0.2, 0) is 11.2 Å². The molecule has 3 aromatic carbocycles. The minimum atomic E-state index is -0.907. The summed E-state index contributed by atoms with van der Waals surface area (Å²) in [5.41, 5.74) is 8.06. The molecule has 38 heavy (non-hydrogen) atoms. The molecule has 194 valence electrons. The first-order chi connectivity index (χ1) is 18.4. The van der Waals surface area contributed by atoms with Gasteiger partial charge in [-0.25, -0.2) is 4.79 Å². The second-order valence-corrected chi connectivity index (χ2v) is 10.0. The lowest BCUT2D eigenvalue weighted by Crippen LogP contribution is -2.47. The number of benzene rings is 3. The summed E-state index contributed by atoms with van der Waals surface area (Å²) in [5, 5.41) is 12.8. The molecule has 0 unspecified atom stereocenters. The third-order valence-corrected chi connectivity index (χ3v) is 7.62. The maximum Gasteiger partial charge on any atom is 0.335 e. The molecule has 1 aliphatic heterocycles. The highest BCUT2D eigenvalue weighted by atomic mass is 35.5. The van der Waals surface area contributed by atoms with E-state index in [1.807, 2.05) is 36.4 Å². The van der Waals surface area contributed by atoms with Gasteiger partial charge in [-0.3, -0.25) is 9.69 Å². The molecule has 2 aliphatic rings. The lowest BCUT2D eigenvalue weighted by Gasteiger charge is -2.37. The summed E-state index contributed by atoms with van der Waals surface area (Å²) in [7, 11) is 0. The summed E-state index contributed by atoms with van der Waals surface area (Å²) in [6.45, 7) is 7.99. The predicted octanol–water partition coefficient (Wildman–Crippen LogP) is 5.73. The van der Waals surface area contributed by atoms with Crippen LogP contribution < -0.4 is 10.2 Å². The number of hydrogen-bond donors (Lipinski definition) is 2. The van der Waals surface area contributed by atoms with Crippen LogP contribution >= 0.6 is 11.6 Å². The lowest BCUT2D eigenvalue weighted by molar-refractivity contribution is -0.111. The first kappa shape index (κ1) is 25.8. The molecule has 1 saturated heterocycles. The van der Waals surface area contributed by atoms with Crippen molar-refractivity contribution in [3.05, 3.63) is 112 Å². The Labute approximate surface area is 227 Å². The second kappa shape index (κ2) is 11.3. The minimum Gasteiger partial charge on any atom is -0.478 e. The van der Waals surface area contributed by atoms with Gasteiger partial charge in [-0.2, -0.15) is 0 Å². The van der Waals surface area contributed by atoms with Crippen molar-refractivity contribution in [2.45, 2.75) is 12.8 Å².